The maximum absolute atomic E-state index is 12.4. The van der Waals surface area contributed by atoms with Crippen molar-refractivity contribution < 1.29 is 9.21 Å². The van der Waals surface area contributed by atoms with E-state index in [-0.39, 0.29) is 5.91 Å². The maximum Gasteiger partial charge on any atom is 0.289 e. The Labute approximate surface area is 156 Å². The summed E-state index contributed by atoms with van der Waals surface area (Å²) < 4.78 is 5.23. The summed E-state index contributed by atoms with van der Waals surface area (Å²) in [6.07, 6.45) is 4.17. The number of nitrogens with zero attached hydrogens (tertiary/aromatic N) is 4. The molecule has 1 amide bonds. The zero-order chi connectivity index (χ0) is 18.5. The Hall–Kier alpha value is -2.02. The van der Waals surface area contributed by atoms with Crippen LogP contribution in [0.4, 0.5) is 0 Å². The highest BCUT2D eigenvalue weighted by molar-refractivity contribution is 5.91. The minimum Gasteiger partial charge on any atom is -0.459 e. The molecule has 1 aliphatic carbocycles. The Bertz CT molecular complexity index is 603. The van der Waals surface area contributed by atoms with E-state index in [1.807, 2.05) is 4.90 Å². The largest absolute Gasteiger partial charge is 0.459 e. The number of hydrogen-bond donors (Lipinski definition) is 1. The number of carbonyl (C=O) groups excluding carboxylic acids is 1. The number of amides is 1. The van der Waals surface area contributed by atoms with Crippen molar-refractivity contribution in [2.75, 3.05) is 46.3 Å². The molecule has 1 unspecified atom stereocenters. The van der Waals surface area contributed by atoms with Gasteiger partial charge in [-0.15, -0.1) is 0 Å². The topological polar surface area (TPSA) is 64.3 Å². The summed E-state index contributed by atoms with van der Waals surface area (Å²) in [7, 11) is 2.20. The van der Waals surface area contributed by atoms with E-state index in [9.17, 15) is 4.79 Å². The second-order valence-corrected chi connectivity index (χ2v) is 7.20. The smallest absolute Gasteiger partial charge is 0.289 e. The fourth-order valence-corrected chi connectivity index (χ4v) is 3.29. The van der Waals surface area contributed by atoms with Gasteiger partial charge in [0.1, 0.15) is 0 Å². The van der Waals surface area contributed by atoms with Crippen molar-refractivity contribution in [1.82, 2.24) is 20.0 Å². The number of hydrogen-bond acceptors (Lipinski definition) is 4. The van der Waals surface area contributed by atoms with Gasteiger partial charge >= 0.3 is 0 Å². The van der Waals surface area contributed by atoms with E-state index >= 15 is 0 Å². The van der Waals surface area contributed by atoms with Crippen LogP contribution in [-0.2, 0) is 0 Å². The number of piperazine rings is 1. The van der Waals surface area contributed by atoms with Crippen LogP contribution in [0.5, 0.6) is 0 Å². The quantitative estimate of drug-likeness (QED) is 0.614. The van der Waals surface area contributed by atoms with Gasteiger partial charge in [0.2, 0.25) is 0 Å². The van der Waals surface area contributed by atoms with Gasteiger partial charge < -0.3 is 19.5 Å². The van der Waals surface area contributed by atoms with Gasteiger partial charge in [-0.1, -0.05) is 0 Å². The Morgan fingerprint density at radius 2 is 2.04 bits per heavy atom. The molecule has 0 aromatic carbocycles. The third-order valence-electron chi connectivity index (χ3n) is 5.26. The molecule has 1 atom stereocenters. The van der Waals surface area contributed by atoms with E-state index in [0.29, 0.717) is 24.9 Å². The highest BCUT2D eigenvalue weighted by Gasteiger charge is 2.29. The third-order valence-corrected chi connectivity index (χ3v) is 5.26. The van der Waals surface area contributed by atoms with Crippen LogP contribution >= 0.6 is 0 Å². The Balaban J connectivity index is 1.54. The van der Waals surface area contributed by atoms with E-state index in [0.717, 1.165) is 38.2 Å². The predicted octanol–water partition coefficient (Wildman–Crippen LogP) is 1.49. The van der Waals surface area contributed by atoms with Crippen LogP contribution in [0, 0.1) is 0 Å². The van der Waals surface area contributed by atoms with Crippen molar-refractivity contribution in [2.24, 2.45) is 4.99 Å². The highest BCUT2D eigenvalue weighted by Crippen LogP contribution is 2.26. The Kier molecular flexibility index (Phi) is 6.19. The first-order valence-electron chi connectivity index (χ1n) is 9.68. The summed E-state index contributed by atoms with van der Waals surface area (Å²) in [6.45, 7) is 8.90. The minimum absolute atomic E-state index is 0.0312. The van der Waals surface area contributed by atoms with Gasteiger partial charge in [0.15, 0.2) is 11.7 Å². The average Bonchev–Trinajstić information content (AvgIpc) is 3.37. The monoisotopic (exact) mass is 361 g/mol. The number of furan rings is 1. The number of nitrogens with one attached hydrogen (secondary N) is 1. The van der Waals surface area contributed by atoms with Crippen LogP contribution in [-0.4, -0.2) is 85.0 Å². The Morgan fingerprint density at radius 3 is 2.62 bits per heavy atom. The number of rotatable bonds is 6. The second kappa shape index (κ2) is 8.58. The van der Waals surface area contributed by atoms with Gasteiger partial charge in [0.25, 0.3) is 5.91 Å². The lowest BCUT2D eigenvalue weighted by molar-refractivity contribution is 0.0657. The molecule has 144 valence electrons. The second-order valence-electron chi connectivity index (χ2n) is 7.20. The molecule has 1 saturated carbocycles. The van der Waals surface area contributed by atoms with Gasteiger partial charge in [0, 0.05) is 44.8 Å². The van der Waals surface area contributed by atoms with E-state index < -0.39 is 0 Å². The van der Waals surface area contributed by atoms with Gasteiger partial charge in [-0.25, -0.2) is 0 Å². The standard InChI is InChI=1S/C19H31N5O2/c1-4-20-19(21-14-15(2)22(3)16-7-8-16)24-11-9-23(10-12-24)18(25)17-6-5-13-26-17/h5-6,13,15-16H,4,7-12,14H2,1-3H3,(H,20,21). The molecule has 7 heteroatoms. The molecule has 26 heavy (non-hydrogen) atoms. The molecule has 2 heterocycles. The summed E-state index contributed by atoms with van der Waals surface area (Å²) in [4.78, 5) is 23.8. The van der Waals surface area contributed by atoms with Gasteiger partial charge in [0.05, 0.1) is 12.8 Å². The molecule has 0 spiro atoms. The van der Waals surface area contributed by atoms with Crippen LogP contribution < -0.4 is 5.32 Å². The molecule has 1 N–H and O–H groups in total. The first kappa shape index (κ1) is 18.8. The van der Waals surface area contributed by atoms with Crippen LogP contribution in [0.3, 0.4) is 0 Å². The van der Waals surface area contributed by atoms with Gasteiger partial charge in [-0.05, 0) is 45.9 Å². The molecule has 1 saturated heterocycles. The molecule has 1 aliphatic heterocycles. The van der Waals surface area contributed by atoms with Crippen molar-refractivity contribution in [1.29, 1.82) is 0 Å². The van der Waals surface area contributed by atoms with Crippen molar-refractivity contribution in [3.05, 3.63) is 24.2 Å². The predicted molar refractivity (Wildman–Crippen MR) is 102 cm³/mol. The van der Waals surface area contributed by atoms with E-state index in [4.69, 9.17) is 9.41 Å². The van der Waals surface area contributed by atoms with Crippen molar-refractivity contribution >= 4 is 11.9 Å². The normalized spacial score (nSPS) is 19.8. The van der Waals surface area contributed by atoms with Crippen molar-refractivity contribution in [3.63, 3.8) is 0 Å². The van der Waals surface area contributed by atoms with Crippen molar-refractivity contribution in [2.45, 2.75) is 38.8 Å². The Morgan fingerprint density at radius 1 is 1.35 bits per heavy atom. The number of aliphatic imine (C=N–C) groups is 1. The molecular weight excluding hydrogens is 330 g/mol. The first-order chi connectivity index (χ1) is 12.6. The lowest BCUT2D eigenvalue weighted by Crippen LogP contribution is -2.54. The highest BCUT2D eigenvalue weighted by atomic mass is 16.3. The fourth-order valence-electron chi connectivity index (χ4n) is 3.29. The molecule has 3 rings (SSSR count). The van der Waals surface area contributed by atoms with Crippen LogP contribution in [0.15, 0.2) is 27.8 Å². The third kappa shape index (κ3) is 4.58. The lowest BCUT2D eigenvalue weighted by Gasteiger charge is -2.36. The summed E-state index contributed by atoms with van der Waals surface area (Å²) >= 11 is 0. The van der Waals surface area contributed by atoms with Crippen molar-refractivity contribution in [3.8, 4) is 0 Å². The minimum atomic E-state index is -0.0312. The summed E-state index contributed by atoms with van der Waals surface area (Å²) in [5.41, 5.74) is 0. The molecule has 0 bridgehead atoms. The number of guanidine groups is 1. The first-order valence-corrected chi connectivity index (χ1v) is 9.68. The van der Waals surface area contributed by atoms with E-state index in [1.165, 1.54) is 12.8 Å². The van der Waals surface area contributed by atoms with Crippen LogP contribution in [0.25, 0.3) is 0 Å². The molecular formula is C19H31N5O2. The zero-order valence-electron chi connectivity index (χ0n) is 16.1. The molecule has 7 nitrogen and oxygen atoms in total. The van der Waals surface area contributed by atoms with E-state index in [2.05, 4.69) is 36.0 Å². The van der Waals surface area contributed by atoms with Crippen LogP contribution in [0.2, 0.25) is 0 Å². The molecule has 0 radical (unpaired) electrons. The summed E-state index contributed by atoms with van der Waals surface area (Å²) in [6, 6.07) is 4.66. The summed E-state index contributed by atoms with van der Waals surface area (Å²) in [5, 5.41) is 3.40. The van der Waals surface area contributed by atoms with E-state index in [1.54, 1.807) is 18.4 Å². The zero-order valence-corrected chi connectivity index (χ0v) is 16.1. The SMILES string of the molecule is CCNC(=NCC(C)N(C)C1CC1)N1CCN(C(=O)c2ccco2)CC1. The van der Waals surface area contributed by atoms with Gasteiger partial charge in [-0.3, -0.25) is 14.7 Å². The molecule has 1 aromatic heterocycles. The molecule has 1 aromatic rings. The van der Waals surface area contributed by atoms with Gasteiger partial charge in [-0.2, -0.15) is 0 Å². The number of likely N-dealkylation sites (N-methyl/N-ethyl adjacent to an activating group) is 1. The van der Waals surface area contributed by atoms with Crippen LogP contribution in [0.1, 0.15) is 37.2 Å². The number of carbonyl (C=O) groups is 1. The molecule has 2 aliphatic rings. The molecule has 2 fully saturated rings. The summed E-state index contributed by atoms with van der Waals surface area (Å²) in [5.74, 6) is 1.33. The maximum atomic E-state index is 12.4. The lowest BCUT2D eigenvalue weighted by atomic mass is 10.3. The fraction of sp³-hybridized carbons (Fsp3) is 0.684. The average molecular weight is 361 g/mol.